The Balaban J connectivity index is 1.31. The van der Waals surface area contributed by atoms with Gasteiger partial charge in [-0.2, -0.15) is 0 Å². The van der Waals surface area contributed by atoms with Crippen LogP contribution in [0.5, 0.6) is 5.75 Å². The number of nitrogens with one attached hydrogen (secondary N) is 1. The lowest BCUT2D eigenvalue weighted by atomic mass is 9.73. The SMILES string of the molecule is COc1ccc2c(c1)[C@@H](NS(=O)C(C)(C)C)C1(CCN(c3nc(C)c(Sc4ccnc(N)c4Cl)c4nc(C)cn34)CC1)C2. The van der Waals surface area contributed by atoms with Crippen LogP contribution >= 0.6 is 23.4 Å². The molecule has 1 spiro atoms. The van der Waals surface area contributed by atoms with Crippen LogP contribution in [0.4, 0.5) is 11.8 Å². The van der Waals surface area contributed by atoms with Gasteiger partial charge in [0.15, 0.2) is 5.65 Å². The van der Waals surface area contributed by atoms with Crippen LogP contribution in [0.3, 0.4) is 0 Å². The highest BCUT2D eigenvalue weighted by Gasteiger charge is 2.49. The predicted octanol–water partition coefficient (Wildman–Crippen LogP) is 6.07. The van der Waals surface area contributed by atoms with E-state index in [1.165, 1.54) is 22.9 Å². The van der Waals surface area contributed by atoms with Crippen molar-refractivity contribution in [3.8, 4) is 5.75 Å². The maximum atomic E-state index is 13.4. The molecule has 3 N–H and O–H groups in total. The first kappa shape index (κ1) is 30.2. The number of imidazole rings is 1. The zero-order valence-electron chi connectivity index (χ0n) is 25.4. The highest BCUT2D eigenvalue weighted by molar-refractivity contribution is 7.99. The largest absolute Gasteiger partial charge is 0.497 e. The maximum absolute atomic E-state index is 13.4. The first-order valence-corrected chi connectivity index (χ1v) is 16.8. The number of hydrogen-bond acceptors (Lipinski definition) is 8. The number of aryl methyl sites for hydroxylation is 2. The van der Waals surface area contributed by atoms with Crippen LogP contribution in [0, 0.1) is 19.3 Å². The summed E-state index contributed by atoms with van der Waals surface area (Å²) in [7, 11) is 0.484. The van der Waals surface area contributed by atoms with Crippen molar-refractivity contribution in [2.24, 2.45) is 5.41 Å². The molecule has 1 saturated heterocycles. The molecule has 6 rings (SSSR count). The van der Waals surface area contributed by atoms with Gasteiger partial charge in [-0.1, -0.05) is 29.4 Å². The second kappa shape index (κ2) is 11.3. The molecule has 228 valence electrons. The second-order valence-corrected chi connectivity index (χ2v) is 16.0. The van der Waals surface area contributed by atoms with Crippen molar-refractivity contribution in [2.45, 2.75) is 74.5 Å². The van der Waals surface area contributed by atoms with Crippen molar-refractivity contribution in [2.75, 3.05) is 30.8 Å². The van der Waals surface area contributed by atoms with Crippen LogP contribution in [0.25, 0.3) is 5.65 Å². The van der Waals surface area contributed by atoms with E-state index >= 15 is 0 Å². The van der Waals surface area contributed by atoms with Crippen LogP contribution in [0.1, 0.15) is 62.2 Å². The number of anilines is 2. The van der Waals surface area contributed by atoms with E-state index in [0.29, 0.717) is 10.8 Å². The molecule has 0 amide bonds. The average Bonchev–Trinajstić information content (AvgIpc) is 3.49. The van der Waals surface area contributed by atoms with Gasteiger partial charge in [0.25, 0.3) is 0 Å². The molecular weight excluding hydrogens is 602 g/mol. The van der Waals surface area contributed by atoms with E-state index in [1.807, 2.05) is 52.9 Å². The normalized spacial score (nSPS) is 18.8. The quantitative estimate of drug-likeness (QED) is 0.262. The number of ether oxygens (including phenoxy) is 1. The average molecular weight is 640 g/mol. The van der Waals surface area contributed by atoms with Gasteiger partial charge in [0.1, 0.15) is 11.6 Å². The molecule has 2 atom stereocenters. The molecule has 4 aromatic rings. The fourth-order valence-electron chi connectivity index (χ4n) is 6.23. The van der Waals surface area contributed by atoms with Gasteiger partial charge < -0.3 is 15.4 Å². The fraction of sp³-hybridized carbons (Fsp3) is 0.452. The Morgan fingerprint density at radius 3 is 2.63 bits per heavy atom. The highest BCUT2D eigenvalue weighted by Crippen LogP contribution is 2.53. The monoisotopic (exact) mass is 639 g/mol. The molecule has 1 fully saturated rings. The van der Waals surface area contributed by atoms with Crippen LogP contribution < -0.4 is 20.1 Å². The molecule has 0 saturated carbocycles. The Morgan fingerprint density at radius 1 is 1.19 bits per heavy atom. The van der Waals surface area contributed by atoms with Crippen molar-refractivity contribution >= 4 is 51.8 Å². The van der Waals surface area contributed by atoms with E-state index in [2.05, 4.69) is 31.1 Å². The number of nitrogens with zero attached hydrogens (tertiary/aromatic N) is 5. The number of piperidine rings is 1. The number of rotatable bonds is 6. The third kappa shape index (κ3) is 5.49. The number of methoxy groups -OCH3 is 1. The van der Waals surface area contributed by atoms with E-state index < -0.39 is 11.0 Å². The fourth-order valence-corrected chi connectivity index (χ4v) is 8.37. The molecule has 0 radical (unpaired) electrons. The summed E-state index contributed by atoms with van der Waals surface area (Å²) in [5, 5.41) is 0.435. The highest BCUT2D eigenvalue weighted by atomic mass is 35.5. The Labute approximate surface area is 264 Å². The van der Waals surface area contributed by atoms with Crippen molar-refractivity contribution in [1.29, 1.82) is 0 Å². The zero-order valence-corrected chi connectivity index (χ0v) is 27.8. The molecular formula is C31H38ClN7O2S2. The summed E-state index contributed by atoms with van der Waals surface area (Å²) < 4.78 is 24.3. The maximum Gasteiger partial charge on any atom is 0.211 e. The minimum absolute atomic E-state index is 0.0265. The van der Waals surface area contributed by atoms with Gasteiger partial charge in [0, 0.05) is 30.4 Å². The van der Waals surface area contributed by atoms with Gasteiger partial charge in [0.2, 0.25) is 5.95 Å². The third-order valence-corrected chi connectivity index (χ3v) is 11.9. The first-order chi connectivity index (χ1) is 20.4. The Hall–Kier alpha value is -2.86. The van der Waals surface area contributed by atoms with E-state index in [9.17, 15) is 4.21 Å². The summed E-state index contributed by atoms with van der Waals surface area (Å²) in [5.41, 5.74) is 11.1. The molecule has 1 unspecified atom stereocenters. The standard InChI is InChI=1S/C31H38ClN7O2S2/c1-18-17-39-28(35-18)25(42-23-9-12-34-27(33)24(23)32)19(2)36-29(39)38-13-10-31(11-14-38)16-20-7-8-21(41-6)15-22(20)26(31)37-43(40)30(3,4)5/h7-9,12,15,17,26,37H,10-11,13-14,16H2,1-6H3,(H2,33,34)/t26-,43?/m1/s1. The van der Waals surface area contributed by atoms with Crippen LogP contribution in [-0.4, -0.2) is 48.5 Å². The van der Waals surface area contributed by atoms with Crippen molar-refractivity contribution in [1.82, 2.24) is 24.1 Å². The molecule has 4 heterocycles. The van der Waals surface area contributed by atoms with E-state index in [4.69, 9.17) is 32.0 Å². The minimum atomic E-state index is -1.21. The van der Waals surface area contributed by atoms with Crippen LogP contribution in [0.15, 0.2) is 46.5 Å². The van der Waals surface area contributed by atoms with Crippen LogP contribution in [0.2, 0.25) is 5.02 Å². The molecule has 3 aromatic heterocycles. The Kier molecular flexibility index (Phi) is 7.90. The van der Waals surface area contributed by atoms with Crippen LogP contribution in [-0.2, 0) is 17.4 Å². The molecule has 0 bridgehead atoms. The molecule has 1 aliphatic heterocycles. The summed E-state index contributed by atoms with van der Waals surface area (Å²) in [6.45, 7) is 11.7. The molecule has 12 heteroatoms. The third-order valence-electron chi connectivity index (χ3n) is 8.58. The number of benzene rings is 1. The van der Waals surface area contributed by atoms with Gasteiger partial charge in [-0.15, -0.1) is 0 Å². The molecule has 9 nitrogen and oxygen atoms in total. The summed E-state index contributed by atoms with van der Waals surface area (Å²) in [5.74, 6) is 2.01. The Morgan fingerprint density at radius 2 is 1.93 bits per heavy atom. The predicted molar refractivity (Wildman–Crippen MR) is 175 cm³/mol. The molecule has 1 aromatic carbocycles. The number of nitrogens with two attached hydrogens (primary N) is 1. The number of halogens is 1. The van der Waals surface area contributed by atoms with Gasteiger partial charge >= 0.3 is 0 Å². The molecule has 2 aliphatic rings. The smallest absolute Gasteiger partial charge is 0.211 e. The topological polar surface area (TPSA) is 111 Å². The molecule has 1 aliphatic carbocycles. The summed E-state index contributed by atoms with van der Waals surface area (Å²) in [6.07, 6.45) is 6.51. The van der Waals surface area contributed by atoms with E-state index in [0.717, 1.165) is 70.9 Å². The summed E-state index contributed by atoms with van der Waals surface area (Å²) in [6, 6.07) is 8.16. The first-order valence-electron chi connectivity index (χ1n) is 14.4. The Bertz CT molecular complexity index is 1730. The number of nitrogen functional groups attached to an aromatic ring is 1. The van der Waals surface area contributed by atoms with Crippen molar-refractivity contribution < 1.29 is 8.95 Å². The minimum Gasteiger partial charge on any atom is -0.497 e. The van der Waals surface area contributed by atoms with E-state index in [-0.39, 0.29) is 16.2 Å². The van der Waals surface area contributed by atoms with Gasteiger partial charge in [0.05, 0.1) is 50.2 Å². The number of pyridine rings is 1. The van der Waals surface area contributed by atoms with Gasteiger partial charge in [-0.25, -0.2) is 23.9 Å². The second-order valence-electron chi connectivity index (χ2n) is 12.5. The zero-order chi connectivity index (χ0) is 30.7. The summed E-state index contributed by atoms with van der Waals surface area (Å²) in [4.78, 5) is 18.2. The number of hydrogen-bond donors (Lipinski definition) is 2. The summed E-state index contributed by atoms with van der Waals surface area (Å²) >= 11 is 8.00. The number of aromatic nitrogens is 4. The lowest BCUT2D eigenvalue weighted by molar-refractivity contribution is 0.176. The lowest BCUT2D eigenvalue weighted by Gasteiger charge is -2.44. The number of fused-ring (bicyclic) bond motifs is 2. The van der Waals surface area contributed by atoms with Gasteiger partial charge in [-0.05, 0) is 88.6 Å². The van der Waals surface area contributed by atoms with Crippen molar-refractivity contribution in [3.63, 3.8) is 0 Å². The lowest BCUT2D eigenvalue weighted by Crippen LogP contribution is -2.48. The van der Waals surface area contributed by atoms with E-state index in [1.54, 1.807) is 13.3 Å². The van der Waals surface area contributed by atoms with Crippen molar-refractivity contribution in [3.05, 3.63) is 64.2 Å². The molecule has 43 heavy (non-hydrogen) atoms. The van der Waals surface area contributed by atoms with Gasteiger partial charge in [-0.3, -0.25) is 4.40 Å².